The molecule has 1 aliphatic carbocycles. The number of carbonyl (C=O) groups excluding carboxylic acids is 1. The molecule has 0 saturated heterocycles. The SMILES string of the molecule is CO[C@H](Cc1cc(C)cc(N2Cc3c(cc(CNC4(C)CCC4)cc3C(F)(F)F)C2=O)c1)Cc1nncn1C. The van der Waals surface area contributed by atoms with Gasteiger partial charge < -0.3 is 19.5 Å². The monoisotopic (exact) mass is 541 g/mol. The first-order valence-corrected chi connectivity index (χ1v) is 13.2. The molecule has 1 saturated carbocycles. The lowest BCUT2D eigenvalue weighted by Gasteiger charge is -2.39. The zero-order valence-electron chi connectivity index (χ0n) is 22.7. The number of ether oxygens (including phenoxy) is 1. The normalized spacial score (nSPS) is 17.3. The Kier molecular flexibility index (Phi) is 7.28. The number of benzene rings is 2. The van der Waals surface area contributed by atoms with Gasteiger partial charge in [-0.05, 0) is 86.1 Å². The van der Waals surface area contributed by atoms with Crippen molar-refractivity contribution in [2.75, 3.05) is 12.0 Å². The second-order valence-electron chi connectivity index (χ2n) is 11.1. The van der Waals surface area contributed by atoms with Gasteiger partial charge in [0.05, 0.1) is 18.2 Å². The van der Waals surface area contributed by atoms with Crippen LogP contribution in [0.2, 0.25) is 0 Å². The zero-order valence-corrected chi connectivity index (χ0v) is 22.7. The Labute approximate surface area is 226 Å². The number of aromatic nitrogens is 3. The number of anilines is 1. The highest BCUT2D eigenvalue weighted by Crippen LogP contribution is 2.40. The number of fused-ring (bicyclic) bond motifs is 1. The van der Waals surface area contributed by atoms with Gasteiger partial charge in [-0.25, -0.2) is 0 Å². The molecule has 1 N–H and O–H groups in total. The Morgan fingerprint density at radius 3 is 2.51 bits per heavy atom. The molecule has 1 fully saturated rings. The number of halogens is 3. The third-order valence-corrected chi connectivity index (χ3v) is 8.03. The van der Waals surface area contributed by atoms with E-state index in [0.717, 1.165) is 36.2 Å². The van der Waals surface area contributed by atoms with Gasteiger partial charge in [-0.2, -0.15) is 13.2 Å². The summed E-state index contributed by atoms with van der Waals surface area (Å²) in [6.45, 7) is 4.16. The van der Waals surface area contributed by atoms with E-state index in [9.17, 15) is 18.0 Å². The third-order valence-electron chi connectivity index (χ3n) is 8.03. The van der Waals surface area contributed by atoms with Crippen molar-refractivity contribution in [3.05, 3.63) is 75.9 Å². The minimum absolute atomic E-state index is 0.0335. The molecular weight excluding hydrogens is 507 g/mol. The highest BCUT2D eigenvalue weighted by atomic mass is 19.4. The molecule has 0 bridgehead atoms. The number of hydrogen-bond donors (Lipinski definition) is 1. The molecule has 2 heterocycles. The van der Waals surface area contributed by atoms with Crippen LogP contribution in [0.15, 0.2) is 36.7 Å². The first-order chi connectivity index (χ1) is 18.5. The first kappa shape index (κ1) is 27.3. The van der Waals surface area contributed by atoms with E-state index in [4.69, 9.17) is 4.74 Å². The summed E-state index contributed by atoms with van der Waals surface area (Å²) in [5.74, 6) is 0.377. The Hall–Kier alpha value is -3.24. The van der Waals surface area contributed by atoms with Gasteiger partial charge in [0, 0.05) is 43.9 Å². The number of nitrogens with one attached hydrogen (secondary N) is 1. The molecular formula is C29H34F3N5O2. The lowest BCUT2D eigenvalue weighted by molar-refractivity contribution is -0.138. The van der Waals surface area contributed by atoms with Crippen molar-refractivity contribution < 1.29 is 22.7 Å². The summed E-state index contributed by atoms with van der Waals surface area (Å²) in [5.41, 5.74) is 2.26. The van der Waals surface area contributed by atoms with Gasteiger partial charge in [0.2, 0.25) is 0 Å². The van der Waals surface area contributed by atoms with Gasteiger partial charge in [-0.3, -0.25) is 4.79 Å². The van der Waals surface area contributed by atoms with Gasteiger partial charge in [0.1, 0.15) is 12.2 Å². The van der Waals surface area contributed by atoms with E-state index in [1.165, 1.54) is 11.0 Å². The van der Waals surface area contributed by atoms with E-state index in [1.54, 1.807) is 19.5 Å². The largest absolute Gasteiger partial charge is 0.416 e. The molecule has 1 aromatic heterocycles. The average Bonchev–Trinajstić information content (AvgIpc) is 3.42. The van der Waals surface area contributed by atoms with Crippen LogP contribution in [-0.4, -0.2) is 39.4 Å². The smallest absolute Gasteiger partial charge is 0.381 e. The number of alkyl halides is 3. The van der Waals surface area contributed by atoms with Crippen LogP contribution in [0, 0.1) is 6.92 Å². The number of nitrogens with zero attached hydrogens (tertiary/aromatic N) is 4. The van der Waals surface area contributed by atoms with E-state index < -0.39 is 17.6 Å². The minimum atomic E-state index is -4.56. The molecule has 1 aliphatic heterocycles. The van der Waals surface area contributed by atoms with Crippen LogP contribution in [0.5, 0.6) is 0 Å². The summed E-state index contributed by atoms with van der Waals surface area (Å²) < 4.78 is 50.0. The lowest BCUT2D eigenvalue weighted by Crippen LogP contribution is -2.47. The van der Waals surface area contributed by atoms with Crippen LogP contribution in [0.25, 0.3) is 0 Å². The van der Waals surface area contributed by atoms with Crippen LogP contribution in [-0.2, 0) is 43.9 Å². The highest BCUT2D eigenvalue weighted by Gasteiger charge is 2.41. The van der Waals surface area contributed by atoms with Crippen molar-refractivity contribution in [3.8, 4) is 0 Å². The average molecular weight is 542 g/mol. The number of methoxy groups -OCH3 is 1. The number of aryl methyl sites for hydroxylation is 2. The summed E-state index contributed by atoms with van der Waals surface area (Å²) in [4.78, 5) is 15.0. The summed E-state index contributed by atoms with van der Waals surface area (Å²) in [7, 11) is 3.50. The fourth-order valence-corrected chi connectivity index (χ4v) is 5.54. The Bertz CT molecular complexity index is 1380. The summed E-state index contributed by atoms with van der Waals surface area (Å²) >= 11 is 0. The molecule has 39 heavy (non-hydrogen) atoms. The van der Waals surface area contributed by atoms with Crippen LogP contribution >= 0.6 is 0 Å². The topological polar surface area (TPSA) is 72.3 Å². The maximum atomic E-state index is 14.2. The second kappa shape index (κ2) is 10.4. The number of rotatable bonds is 9. The summed E-state index contributed by atoms with van der Waals surface area (Å²) in [5, 5.41) is 11.4. The highest BCUT2D eigenvalue weighted by molar-refractivity contribution is 6.10. The fraction of sp³-hybridized carbons (Fsp3) is 0.483. The van der Waals surface area contributed by atoms with Gasteiger partial charge in [0.15, 0.2) is 0 Å². The molecule has 0 radical (unpaired) electrons. The van der Waals surface area contributed by atoms with Gasteiger partial charge >= 0.3 is 6.18 Å². The molecule has 2 aliphatic rings. The van der Waals surface area contributed by atoms with Gasteiger partial charge in [-0.15, -0.1) is 10.2 Å². The molecule has 7 nitrogen and oxygen atoms in total. The van der Waals surface area contributed by atoms with E-state index in [2.05, 4.69) is 22.4 Å². The van der Waals surface area contributed by atoms with Crippen LogP contribution in [0.1, 0.15) is 70.2 Å². The fourth-order valence-electron chi connectivity index (χ4n) is 5.54. The van der Waals surface area contributed by atoms with Crippen molar-refractivity contribution >= 4 is 11.6 Å². The van der Waals surface area contributed by atoms with Crippen LogP contribution < -0.4 is 10.2 Å². The molecule has 0 spiro atoms. The van der Waals surface area contributed by atoms with E-state index in [0.29, 0.717) is 30.6 Å². The lowest BCUT2D eigenvalue weighted by atomic mass is 9.78. The van der Waals surface area contributed by atoms with Crippen molar-refractivity contribution in [1.82, 2.24) is 20.1 Å². The van der Waals surface area contributed by atoms with Crippen LogP contribution in [0.4, 0.5) is 18.9 Å². The van der Waals surface area contributed by atoms with Crippen molar-refractivity contribution in [2.24, 2.45) is 7.05 Å². The molecule has 5 rings (SSSR count). The third kappa shape index (κ3) is 5.72. The maximum Gasteiger partial charge on any atom is 0.416 e. The summed E-state index contributed by atoms with van der Waals surface area (Å²) in [6.07, 6.45) is 1.10. The Morgan fingerprint density at radius 1 is 1.13 bits per heavy atom. The Morgan fingerprint density at radius 2 is 1.90 bits per heavy atom. The molecule has 2 aromatic carbocycles. The van der Waals surface area contributed by atoms with Gasteiger partial charge in [-0.1, -0.05) is 6.07 Å². The van der Waals surface area contributed by atoms with Crippen molar-refractivity contribution in [1.29, 1.82) is 0 Å². The van der Waals surface area contributed by atoms with E-state index >= 15 is 0 Å². The quantitative estimate of drug-likeness (QED) is 0.407. The van der Waals surface area contributed by atoms with Crippen LogP contribution in [0.3, 0.4) is 0 Å². The minimum Gasteiger partial charge on any atom is -0.381 e. The zero-order chi connectivity index (χ0) is 27.9. The van der Waals surface area contributed by atoms with Crippen molar-refractivity contribution in [2.45, 2.75) is 76.9 Å². The number of amides is 1. The molecule has 3 aromatic rings. The maximum absolute atomic E-state index is 14.2. The number of carbonyl (C=O) groups is 1. The van der Waals surface area contributed by atoms with E-state index in [1.807, 2.05) is 36.7 Å². The summed E-state index contributed by atoms with van der Waals surface area (Å²) in [6, 6.07) is 8.53. The Balaban J connectivity index is 1.41. The predicted octanol–water partition coefficient (Wildman–Crippen LogP) is 5.14. The standard InChI is InChI=1S/C29H34F3N5O2/c1-18-8-19(11-22(39-4)14-26-35-34-17-36(26)3)10-21(9-18)37-16-24-23(27(37)38)12-20(13-25(24)29(30,31)32)15-33-28(2)6-5-7-28/h8-10,12-13,17,22,33H,5-7,11,14-16H2,1-4H3/t22-/m1/s1. The molecule has 10 heteroatoms. The molecule has 0 unspecified atom stereocenters. The molecule has 1 amide bonds. The first-order valence-electron chi connectivity index (χ1n) is 13.2. The van der Waals surface area contributed by atoms with Gasteiger partial charge in [0.25, 0.3) is 5.91 Å². The van der Waals surface area contributed by atoms with E-state index in [-0.39, 0.29) is 29.3 Å². The predicted molar refractivity (Wildman–Crippen MR) is 141 cm³/mol. The van der Waals surface area contributed by atoms with Crippen molar-refractivity contribution in [3.63, 3.8) is 0 Å². The second-order valence-corrected chi connectivity index (χ2v) is 11.1. The molecule has 1 atom stereocenters. The molecule has 208 valence electrons. The number of hydrogen-bond acceptors (Lipinski definition) is 5.